The lowest BCUT2D eigenvalue weighted by Crippen LogP contribution is -2.66. The van der Waals surface area contributed by atoms with Gasteiger partial charge in [0.2, 0.25) is 5.78 Å². The lowest BCUT2D eigenvalue weighted by atomic mass is 9.55. The first-order valence-electron chi connectivity index (χ1n) is 27.2. The second-order valence-corrected chi connectivity index (χ2v) is 22.0. The van der Waals surface area contributed by atoms with E-state index < -0.39 is 16.6 Å². The lowest BCUT2D eigenvalue weighted by molar-refractivity contribution is -0.162. The highest BCUT2D eigenvalue weighted by Gasteiger charge is 2.65. The van der Waals surface area contributed by atoms with Crippen molar-refractivity contribution < 1.29 is 24.2 Å². The second kappa shape index (κ2) is 26.3. The van der Waals surface area contributed by atoms with E-state index in [4.69, 9.17) is 9.47 Å². The summed E-state index contributed by atoms with van der Waals surface area (Å²) >= 11 is 0. The van der Waals surface area contributed by atoms with E-state index in [9.17, 15) is 14.7 Å². The summed E-state index contributed by atoms with van der Waals surface area (Å²) in [6, 6.07) is 0. The van der Waals surface area contributed by atoms with E-state index in [2.05, 4.69) is 34.6 Å². The van der Waals surface area contributed by atoms with E-state index in [1.807, 2.05) is 20.8 Å². The monoisotopic (exact) mass is 875 g/mol. The van der Waals surface area contributed by atoms with Crippen molar-refractivity contribution in [2.45, 2.75) is 304 Å². The zero-order valence-electron chi connectivity index (χ0n) is 42.8. The molecule has 0 aromatic heterocycles. The Morgan fingerprint density at radius 1 is 0.508 bits per heavy atom. The molecule has 0 radical (unpaired) electrons. The Hall–Kier alpha value is -2.14. The molecule has 5 nitrogen and oxygen atoms in total. The maximum atomic E-state index is 14.7. The minimum Gasteiger partial charge on any atom is -0.487 e. The van der Waals surface area contributed by atoms with Gasteiger partial charge in [0.05, 0.1) is 11.0 Å². The molecule has 1 aliphatic carbocycles. The van der Waals surface area contributed by atoms with Crippen molar-refractivity contribution in [3.05, 3.63) is 33.4 Å². The summed E-state index contributed by atoms with van der Waals surface area (Å²) in [7, 11) is 0. The number of ether oxygens (including phenoxy) is 2. The van der Waals surface area contributed by atoms with E-state index in [0.29, 0.717) is 36.8 Å². The van der Waals surface area contributed by atoms with Crippen LogP contribution in [0.1, 0.15) is 283 Å². The molecule has 2 aliphatic heterocycles. The maximum absolute atomic E-state index is 14.7. The number of hydrogen-bond donors (Lipinski definition) is 1. The number of carbonyl (C=O) groups excluding carboxylic acids is 2. The first-order chi connectivity index (χ1) is 30.2. The zero-order chi connectivity index (χ0) is 45.9. The number of aliphatic hydroxyl groups is 1. The maximum Gasteiger partial charge on any atom is 0.203 e. The Morgan fingerprint density at radius 3 is 1.37 bits per heavy atom. The molecule has 0 saturated carbocycles. The smallest absolute Gasteiger partial charge is 0.203 e. The largest absolute Gasteiger partial charge is 0.487 e. The van der Waals surface area contributed by atoms with Gasteiger partial charge in [-0.3, -0.25) is 9.59 Å². The van der Waals surface area contributed by atoms with Crippen LogP contribution in [0.3, 0.4) is 0 Å². The van der Waals surface area contributed by atoms with Gasteiger partial charge in [0, 0.05) is 16.7 Å². The lowest BCUT2D eigenvalue weighted by Gasteiger charge is -2.54. The SMILES string of the molecule is CCCCCCCCCCCCCCCCC(C)(O)CCC12Oc3c(C)c(C)c4c(c3CC1(C)C(=O)C(C)=C(C)C2=O)CCC(C)(CCCCCCCCCCCCCCCC)O4. The molecule has 0 bridgehead atoms. The van der Waals surface area contributed by atoms with Crippen molar-refractivity contribution in [3.8, 4) is 11.5 Å². The normalized spacial score (nSPS) is 23.0. The van der Waals surface area contributed by atoms with Crippen LogP contribution >= 0.6 is 0 Å². The van der Waals surface area contributed by atoms with Crippen molar-refractivity contribution >= 4 is 11.6 Å². The number of carbonyl (C=O) groups is 2. The van der Waals surface area contributed by atoms with E-state index in [1.165, 1.54) is 167 Å². The average molecular weight is 875 g/mol. The number of Topliss-reactive ketones (excluding diaryl/α,β-unsaturated/α-hetero) is 2. The molecule has 1 aromatic carbocycles. The molecule has 0 fully saturated rings. The minimum absolute atomic E-state index is 0.00298. The quantitative estimate of drug-likeness (QED) is 0.0712. The van der Waals surface area contributed by atoms with Crippen molar-refractivity contribution in [1.29, 1.82) is 0 Å². The van der Waals surface area contributed by atoms with Crippen LogP contribution in [0.2, 0.25) is 0 Å². The first kappa shape index (κ1) is 53.5. The predicted molar refractivity (Wildman–Crippen MR) is 267 cm³/mol. The first-order valence-corrected chi connectivity index (χ1v) is 27.2. The number of allylic oxidation sites excluding steroid dienone is 1. The third kappa shape index (κ3) is 14.7. The van der Waals surface area contributed by atoms with Crippen LogP contribution in [0.25, 0.3) is 0 Å². The minimum atomic E-state index is -1.36. The summed E-state index contributed by atoms with van der Waals surface area (Å²) in [5, 5.41) is 11.8. The van der Waals surface area contributed by atoms with E-state index >= 15 is 0 Å². The fourth-order valence-electron chi connectivity index (χ4n) is 11.5. The number of rotatable bonds is 33. The number of benzene rings is 1. The predicted octanol–water partition coefficient (Wildman–Crippen LogP) is 16.8. The Morgan fingerprint density at radius 2 is 0.905 bits per heavy atom. The summed E-state index contributed by atoms with van der Waals surface area (Å²) in [6.07, 6.45) is 42.0. The summed E-state index contributed by atoms with van der Waals surface area (Å²) in [6.45, 7) is 18.6. The van der Waals surface area contributed by atoms with Gasteiger partial charge in [-0.1, -0.05) is 187 Å². The van der Waals surface area contributed by atoms with Gasteiger partial charge in [-0.25, -0.2) is 0 Å². The summed E-state index contributed by atoms with van der Waals surface area (Å²) in [5.74, 6) is 1.65. The van der Waals surface area contributed by atoms with Gasteiger partial charge in [-0.2, -0.15) is 0 Å². The molecule has 2 heterocycles. The van der Waals surface area contributed by atoms with Gasteiger partial charge in [-0.05, 0) is 117 Å². The highest BCUT2D eigenvalue weighted by atomic mass is 16.5. The fourth-order valence-corrected chi connectivity index (χ4v) is 11.5. The van der Waals surface area contributed by atoms with Gasteiger partial charge in [-0.15, -0.1) is 0 Å². The molecule has 4 rings (SSSR count). The molecule has 5 heteroatoms. The Labute approximate surface area is 388 Å². The van der Waals surface area contributed by atoms with Crippen molar-refractivity contribution in [3.63, 3.8) is 0 Å². The van der Waals surface area contributed by atoms with E-state index in [-0.39, 0.29) is 17.2 Å². The molecule has 63 heavy (non-hydrogen) atoms. The second-order valence-electron chi connectivity index (χ2n) is 22.0. The molecule has 360 valence electrons. The fraction of sp³-hybridized carbons (Fsp3) is 0.828. The van der Waals surface area contributed by atoms with Gasteiger partial charge >= 0.3 is 0 Å². The molecule has 4 atom stereocenters. The molecule has 1 aromatic rings. The molecular formula is C58H98O5. The Balaban J connectivity index is 1.31. The van der Waals surface area contributed by atoms with Crippen molar-refractivity contribution in [2.24, 2.45) is 5.41 Å². The standard InChI is InChI=1S/C58H98O5/c1-10-12-14-16-18-20-22-24-26-28-30-32-34-36-39-55(7,61)42-43-58-54(60)48(6)47(5)53(59)57(58,9)44-50-49-38-41-56(8,62-51(49)45(3)46(4)52(50)63-58)40-37-35-33-31-29-27-25-23-21-19-17-15-13-11-2/h61H,10-44H2,1-9H3. The van der Waals surface area contributed by atoms with Crippen molar-refractivity contribution in [2.75, 3.05) is 0 Å². The zero-order valence-corrected chi connectivity index (χ0v) is 42.8. The number of fused-ring (bicyclic) bond motifs is 4. The number of ketones is 2. The van der Waals surface area contributed by atoms with E-state index in [1.54, 1.807) is 6.92 Å². The highest BCUT2D eigenvalue weighted by molar-refractivity contribution is 6.18. The molecule has 0 saturated heterocycles. The van der Waals surface area contributed by atoms with Crippen molar-refractivity contribution in [1.82, 2.24) is 0 Å². The Bertz CT molecular complexity index is 1600. The topological polar surface area (TPSA) is 72.8 Å². The summed E-state index contributed by atoms with van der Waals surface area (Å²) in [5.41, 5.74) is 1.75. The molecule has 0 spiro atoms. The van der Waals surface area contributed by atoms with Gasteiger partial charge in [0.1, 0.15) is 17.1 Å². The van der Waals surface area contributed by atoms with Gasteiger partial charge < -0.3 is 14.6 Å². The number of unbranched alkanes of at least 4 members (excludes halogenated alkanes) is 26. The molecule has 4 unspecified atom stereocenters. The third-order valence-electron chi connectivity index (χ3n) is 16.4. The van der Waals surface area contributed by atoms with Crippen LogP contribution < -0.4 is 9.47 Å². The van der Waals surface area contributed by atoms with Gasteiger partial charge in [0.25, 0.3) is 0 Å². The number of hydrogen-bond acceptors (Lipinski definition) is 5. The van der Waals surface area contributed by atoms with E-state index in [0.717, 1.165) is 65.9 Å². The third-order valence-corrected chi connectivity index (χ3v) is 16.4. The molecule has 1 N–H and O–H groups in total. The van der Waals surface area contributed by atoms with Crippen LogP contribution in [0.15, 0.2) is 11.1 Å². The summed E-state index contributed by atoms with van der Waals surface area (Å²) in [4.78, 5) is 29.2. The van der Waals surface area contributed by atoms with Crippen LogP contribution in [0.4, 0.5) is 0 Å². The van der Waals surface area contributed by atoms with Crippen LogP contribution in [0, 0.1) is 19.3 Å². The average Bonchev–Trinajstić information content (AvgIpc) is 3.26. The van der Waals surface area contributed by atoms with Gasteiger partial charge in [0.15, 0.2) is 11.4 Å². The summed E-state index contributed by atoms with van der Waals surface area (Å²) < 4.78 is 14.2. The Kier molecular flexibility index (Phi) is 22.3. The molecule has 0 amide bonds. The molecule has 3 aliphatic rings. The highest BCUT2D eigenvalue weighted by Crippen LogP contribution is 2.58. The van der Waals surface area contributed by atoms with Crippen LogP contribution in [-0.4, -0.2) is 33.5 Å². The molecular weight excluding hydrogens is 777 g/mol. The van der Waals surface area contributed by atoms with Crippen LogP contribution in [-0.2, 0) is 22.4 Å². The van der Waals surface area contributed by atoms with Crippen LogP contribution in [0.5, 0.6) is 11.5 Å².